The molecule has 0 bridgehead atoms. The summed E-state index contributed by atoms with van der Waals surface area (Å²) in [6.07, 6.45) is 0. The summed E-state index contributed by atoms with van der Waals surface area (Å²) in [4.78, 5) is 11.9. The molecule has 116 valence electrons. The molecular formula is C16H14Cl3NO2. The zero-order valence-electron chi connectivity index (χ0n) is 12.0. The summed E-state index contributed by atoms with van der Waals surface area (Å²) in [6.45, 7) is 3.61. The molecule has 0 heterocycles. The van der Waals surface area contributed by atoms with Gasteiger partial charge in [-0.05, 0) is 49.2 Å². The summed E-state index contributed by atoms with van der Waals surface area (Å²) in [5.41, 5.74) is 2.17. The second-order valence-corrected chi connectivity index (χ2v) is 6.00. The summed E-state index contributed by atoms with van der Waals surface area (Å²) in [5.74, 6) is 0.236. The van der Waals surface area contributed by atoms with E-state index >= 15 is 0 Å². The molecule has 22 heavy (non-hydrogen) atoms. The molecule has 2 aromatic carbocycles. The topological polar surface area (TPSA) is 38.3 Å². The molecule has 6 heteroatoms. The molecule has 0 atom stereocenters. The lowest BCUT2D eigenvalue weighted by Gasteiger charge is -2.11. The predicted molar refractivity (Wildman–Crippen MR) is 91.5 cm³/mol. The van der Waals surface area contributed by atoms with Crippen LogP contribution in [0.3, 0.4) is 0 Å². The molecule has 1 amide bonds. The fourth-order valence-electron chi connectivity index (χ4n) is 1.93. The number of aryl methyl sites for hydroxylation is 2. The number of hydrogen-bond acceptors (Lipinski definition) is 2. The second kappa shape index (κ2) is 7.23. The number of ether oxygens (including phenoxy) is 1. The van der Waals surface area contributed by atoms with Gasteiger partial charge in [0.05, 0.1) is 15.7 Å². The van der Waals surface area contributed by atoms with Crippen molar-refractivity contribution in [3.63, 3.8) is 0 Å². The van der Waals surface area contributed by atoms with E-state index < -0.39 is 0 Å². The molecule has 0 radical (unpaired) electrons. The lowest BCUT2D eigenvalue weighted by atomic mass is 10.1. The standard InChI is InChI=1S/C16H14Cl3NO2/c1-9-6-11(7-10(2)15(9)19)22-8-14(21)20-16-12(17)4-3-5-13(16)18/h3-7H,8H2,1-2H3,(H,20,21). The van der Waals surface area contributed by atoms with Crippen LogP contribution in [0.2, 0.25) is 15.1 Å². The molecule has 0 saturated heterocycles. The maximum absolute atomic E-state index is 11.9. The Balaban J connectivity index is 2.02. The van der Waals surface area contributed by atoms with E-state index in [1.807, 2.05) is 13.8 Å². The van der Waals surface area contributed by atoms with Gasteiger partial charge in [0.2, 0.25) is 0 Å². The number of carbonyl (C=O) groups is 1. The third kappa shape index (κ3) is 4.07. The lowest BCUT2D eigenvalue weighted by molar-refractivity contribution is -0.118. The van der Waals surface area contributed by atoms with Gasteiger partial charge < -0.3 is 10.1 Å². The Hall–Kier alpha value is -1.42. The van der Waals surface area contributed by atoms with Gasteiger partial charge in [0, 0.05) is 5.02 Å². The van der Waals surface area contributed by atoms with Crippen LogP contribution in [0, 0.1) is 13.8 Å². The Labute approximate surface area is 144 Å². The fraction of sp³-hybridized carbons (Fsp3) is 0.188. The first-order valence-electron chi connectivity index (χ1n) is 6.52. The zero-order valence-corrected chi connectivity index (χ0v) is 14.3. The number of carbonyl (C=O) groups excluding carboxylic acids is 1. The van der Waals surface area contributed by atoms with Crippen molar-refractivity contribution < 1.29 is 9.53 Å². The van der Waals surface area contributed by atoms with E-state index in [9.17, 15) is 4.79 Å². The molecule has 0 aliphatic heterocycles. The van der Waals surface area contributed by atoms with E-state index in [2.05, 4.69) is 5.32 Å². The minimum atomic E-state index is -0.347. The van der Waals surface area contributed by atoms with Crippen LogP contribution in [-0.2, 0) is 4.79 Å². The molecule has 0 aromatic heterocycles. The second-order valence-electron chi connectivity index (χ2n) is 4.80. The van der Waals surface area contributed by atoms with Crippen LogP contribution in [0.5, 0.6) is 5.75 Å². The molecule has 2 rings (SSSR count). The Morgan fingerprint density at radius 2 is 1.64 bits per heavy atom. The van der Waals surface area contributed by atoms with Gasteiger partial charge in [-0.25, -0.2) is 0 Å². The first kappa shape index (κ1) is 16.9. The summed E-state index contributed by atoms with van der Waals surface area (Å²) in [6, 6.07) is 8.57. The van der Waals surface area contributed by atoms with Crippen molar-refractivity contribution in [2.45, 2.75) is 13.8 Å². The van der Waals surface area contributed by atoms with Gasteiger partial charge in [-0.1, -0.05) is 40.9 Å². The van der Waals surface area contributed by atoms with Crippen molar-refractivity contribution in [3.05, 3.63) is 56.5 Å². The molecule has 1 N–H and O–H groups in total. The first-order valence-corrected chi connectivity index (χ1v) is 7.65. The quantitative estimate of drug-likeness (QED) is 0.807. The minimum absolute atomic E-state index is 0.151. The highest BCUT2D eigenvalue weighted by Crippen LogP contribution is 2.30. The van der Waals surface area contributed by atoms with Crippen molar-refractivity contribution >= 4 is 46.4 Å². The van der Waals surface area contributed by atoms with E-state index in [4.69, 9.17) is 39.5 Å². The summed E-state index contributed by atoms with van der Waals surface area (Å²) in [5, 5.41) is 4.08. The zero-order chi connectivity index (χ0) is 16.3. The Morgan fingerprint density at radius 3 is 2.18 bits per heavy atom. The van der Waals surface area contributed by atoms with E-state index in [0.717, 1.165) is 11.1 Å². The van der Waals surface area contributed by atoms with E-state index in [0.29, 0.717) is 26.5 Å². The van der Waals surface area contributed by atoms with Crippen LogP contribution in [0.25, 0.3) is 0 Å². The molecule has 0 fully saturated rings. The fourth-order valence-corrected chi connectivity index (χ4v) is 2.53. The highest BCUT2D eigenvalue weighted by Gasteiger charge is 2.11. The van der Waals surface area contributed by atoms with Gasteiger partial charge in [0.15, 0.2) is 6.61 Å². The SMILES string of the molecule is Cc1cc(OCC(=O)Nc2c(Cl)cccc2Cl)cc(C)c1Cl. The average molecular weight is 359 g/mol. The number of para-hydroxylation sites is 1. The monoisotopic (exact) mass is 357 g/mol. The van der Waals surface area contributed by atoms with E-state index in [1.165, 1.54) is 0 Å². The van der Waals surface area contributed by atoms with Crippen molar-refractivity contribution in [1.82, 2.24) is 0 Å². The predicted octanol–water partition coefficient (Wildman–Crippen LogP) is 5.28. The third-order valence-electron chi connectivity index (χ3n) is 3.01. The first-order chi connectivity index (χ1) is 10.4. The van der Waals surface area contributed by atoms with Crippen LogP contribution in [0.15, 0.2) is 30.3 Å². The number of amides is 1. The van der Waals surface area contributed by atoms with Crippen LogP contribution in [0.1, 0.15) is 11.1 Å². The average Bonchev–Trinajstić information content (AvgIpc) is 2.46. The van der Waals surface area contributed by atoms with Gasteiger partial charge in [-0.15, -0.1) is 0 Å². The molecule has 3 nitrogen and oxygen atoms in total. The van der Waals surface area contributed by atoms with E-state index in [-0.39, 0.29) is 12.5 Å². The van der Waals surface area contributed by atoms with Gasteiger partial charge in [0.25, 0.3) is 5.91 Å². The summed E-state index contributed by atoms with van der Waals surface area (Å²) >= 11 is 18.1. The minimum Gasteiger partial charge on any atom is -0.484 e. The molecule has 2 aromatic rings. The Bertz CT molecular complexity index is 673. The Morgan fingerprint density at radius 1 is 1.09 bits per heavy atom. The van der Waals surface area contributed by atoms with E-state index in [1.54, 1.807) is 30.3 Å². The molecule has 0 saturated carbocycles. The Kier molecular flexibility index (Phi) is 5.57. The molecule has 0 aliphatic rings. The molecular weight excluding hydrogens is 345 g/mol. The van der Waals surface area contributed by atoms with Gasteiger partial charge in [0.1, 0.15) is 5.75 Å². The lowest BCUT2D eigenvalue weighted by Crippen LogP contribution is -2.20. The van der Waals surface area contributed by atoms with Crippen molar-refractivity contribution in [2.24, 2.45) is 0 Å². The number of nitrogens with one attached hydrogen (secondary N) is 1. The number of hydrogen-bond donors (Lipinski definition) is 1. The molecule has 0 unspecified atom stereocenters. The number of anilines is 1. The molecule has 0 aliphatic carbocycles. The van der Waals surface area contributed by atoms with Crippen LogP contribution < -0.4 is 10.1 Å². The number of rotatable bonds is 4. The number of benzene rings is 2. The van der Waals surface area contributed by atoms with Gasteiger partial charge in [-0.3, -0.25) is 4.79 Å². The third-order valence-corrected chi connectivity index (χ3v) is 4.23. The smallest absolute Gasteiger partial charge is 0.262 e. The van der Waals surface area contributed by atoms with Crippen molar-refractivity contribution in [1.29, 1.82) is 0 Å². The molecule has 0 spiro atoms. The van der Waals surface area contributed by atoms with Crippen molar-refractivity contribution in [3.8, 4) is 5.75 Å². The summed E-state index contributed by atoms with van der Waals surface area (Å²) in [7, 11) is 0. The van der Waals surface area contributed by atoms with Crippen LogP contribution in [0.4, 0.5) is 5.69 Å². The highest BCUT2D eigenvalue weighted by atomic mass is 35.5. The largest absolute Gasteiger partial charge is 0.484 e. The normalized spacial score (nSPS) is 10.4. The maximum Gasteiger partial charge on any atom is 0.262 e. The van der Waals surface area contributed by atoms with Crippen LogP contribution >= 0.6 is 34.8 Å². The van der Waals surface area contributed by atoms with Gasteiger partial charge in [-0.2, -0.15) is 0 Å². The number of halogens is 3. The highest BCUT2D eigenvalue weighted by molar-refractivity contribution is 6.39. The van der Waals surface area contributed by atoms with Gasteiger partial charge >= 0.3 is 0 Å². The van der Waals surface area contributed by atoms with Crippen molar-refractivity contribution in [2.75, 3.05) is 11.9 Å². The maximum atomic E-state index is 11.9. The van der Waals surface area contributed by atoms with Crippen LogP contribution in [-0.4, -0.2) is 12.5 Å². The summed E-state index contributed by atoms with van der Waals surface area (Å²) < 4.78 is 5.48.